The number of amides is 1. The van der Waals surface area contributed by atoms with Crippen LogP contribution in [-0.4, -0.2) is 50.4 Å². The van der Waals surface area contributed by atoms with Crippen LogP contribution in [0.3, 0.4) is 0 Å². The molecule has 2 aliphatic rings. The fourth-order valence-electron chi connectivity index (χ4n) is 3.80. The molecule has 1 aromatic carbocycles. The minimum absolute atomic E-state index is 0.0543. The zero-order chi connectivity index (χ0) is 19.8. The van der Waals surface area contributed by atoms with Crippen molar-refractivity contribution in [3.05, 3.63) is 51.8 Å². The van der Waals surface area contributed by atoms with Crippen LogP contribution in [0.25, 0.3) is 5.00 Å². The van der Waals surface area contributed by atoms with Gasteiger partial charge < -0.3 is 14.4 Å². The number of fused-ring (bicyclic) bond motifs is 1. The highest BCUT2D eigenvalue weighted by Crippen LogP contribution is 2.38. The number of carbonyl (C=O) groups excluding carboxylic acids is 1. The molecule has 0 unspecified atom stereocenters. The van der Waals surface area contributed by atoms with Crippen LogP contribution >= 0.6 is 11.3 Å². The van der Waals surface area contributed by atoms with Crippen LogP contribution in [0.4, 0.5) is 0 Å². The minimum Gasteiger partial charge on any atom is -0.486 e. The topological polar surface area (TPSA) is 91.5 Å². The second kappa shape index (κ2) is 7.36. The van der Waals surface area contributed by atoms with Crippen LogP contribution in [-0.2, 0) is 11.3 Å². The van der Waals surface area contributed by atoms with Gasteiger partial charge in [-0.3, -0.25) is 4.79 Å². The first-order chi connectivity index (χ1) is 14.2. The minimum atomic E-state index is -0.420. The Kier molecular flexibility index (Phi) is 4.55. The number of thiophene rings is 1. The zero-order valence-corrected chi connectivity index (χ0v) is 16.4. The van der Waals surface area contributed by atoms with Gasteiger partial charge in [0.15, 0.2) is 11.5 Å². The number of likely N-dealkylation sites (tertiary alicyclic amines) is 1. The SMILES string of the molecule is O=C(Cn1nnn(-c2cccs2)c1=O)N1CCC[C@@H]1c1ccc2c(c1)OCCO2. The first-order valence-corrected chi connectivity index (χ1v) is 10.3. The van der Waals surface area contributed by atoms with Crippen molar-refractivity contribution in [3.63, 3.8) is 0 Å². The molecule has 0 aliphatic carbocycles. The molecule has 3 aromatic rings. The monoisotopic (exact) mass is 413 g/mol. The smallest absolute Gasteiger partial charge is 0.369 e. The van der Waals surface area contributed by atoms with Crippen molar-refractivity contribution in [1.82, 2.24) is 24.7 Å². The lowest BCUT2D eigenvalue weighted by Gasteiger charge is -2.26. The molecule has 5 rings (SSSR count). The molecule has 0 spiro atoms. The fourth-order valence-corrected chi connectivity index (χ4v) is 4.47. The lowest BCUT2D eigenvalue weighted by molar-refractivity contribution is -0.133. The van der Waals surface area contributed by atoms with Crippen molar-refractivity contribution < 1.29 is 14.3 Å². The number of carbonyl (C=O) groups is 1. The van der Waals surface area contributed by atoms with Gasteiger partial charge in [0.1, 0.15) is 24.8 Å². The molecule has 0 saturated carbocycles. The number of ether oxygens (including phenoxy) is 2. The number of aromatic nitrogens is 4. The molecule has 0 bridgehead atoms. The Morgan fingerprint density at radius 3 is 2.86 bits per heavy atom. The van der Waals surface area contributed by atoms with Crippen molar-refractivity contribution in [2.24, 2.45) is 0 Å². The van der Waals surface area contributed by atoms with E-state index < -0.39 is 5.69 Å². The molecule has 0 N–H and O–H groups in total. The van der Waals surface area contributed by atoms with Crippen LogP contribution in [0.1, 0.15) is 24.4 Å². The Bertz CT molecular complexity index is 1090. The Morgan fingerprint density at radius 1 is 1.17 bits per heavy atom. The van der Waals surface area contributed by atoms with E-state index >= 15 is 0 Å². The van der Waals surface area contributed by atoms with Gasteiger partial charge in [0, 0.05) is 6.54 Å². The maximum absolute atomic E-state index is 13.0. The molecule has 1 amide bonds. The van der Waals surface area contributed by atoms with Crippen molar-refractivity contribution >= 4 is 17.2 Å². The Labute approximate surface area is 170 Å². The first-order valence-electron chi connectivity index (χ1n) is 9.46. The van der Waals surface area contributed by atoms with E-state index in [1.165, 1.54) is 16.0 Å². The highest BCUT2D eigenvalue weighted by molar-refractivity contribution is 7.12. The van der Waals surface area contributed by atoms with Gasteiger partial charge in [0.25, 0.3) is 0 Å². The average Bonchev–Trinajstić information content (AvgIpc) is 3.49. The molecule has 1 atom stereocenters. The molecule has 1 saturated heterocycles. The molecular weight excluding hydrogens is 394 g/mol. The van der Waals surface area contributed by atoms with Crippen LogP contribution < -0.4 is 15.2 Å². The fraction of sp³-hybridized carbons (Fsp3) is 0.368. The molecule has 29 heavy (non-hydrogen) atoms. The number of hydrogen-bond donors (Lipinski definition) is 0. The van der Waals surface area contributed by atoms with Gasteiger partial charge in [-0.25, -0.2) is 4.79 Å². The molecule has 10 heteroatoms. The van der Waals surface area contributed by atoms with Crippen molar-refractivity contribution in [3.8, 4) is 16.5 Å². The number of hydrogen-bond acceptors (Lipinski definition) is 7. The number of nitrogens with zero attached hydrogens (tertiary/aromatic N) is 5. The molecule has 4 heterocycles. The Hall–Kier alpha value is -3.14. The van der Waals surface area contributed by atoms with Gasteiger partial charge in [-0.2, -0.15) is 9.36 Å². The van der Waals surface area contributed by atoms with Gasteiger partial charge in [0.2, 0.25) is 5.91 Å². The van der Waals surface area contributed by atoms with Crippen molar-refractivity contribution in [2.45, 2.75) is 25.4 Å². The number of rotatable bonds is 4. The lowest BCUT2D eigenvalue weighted by atomic mass is 10.0. The van der Waals surface area contributed by atoms with E-state index in [9.17, 15) is 9.59 Å². The largest absolute Gasteiger partial charge is 0.486 e. The summed E-state index contributed by atoms with van der Waals surface area (Å²) in [5.41, 5.74) is 0.588. The normalized spacial score (nSPS) is 18.2. The third-order valence-corrected chi connectivity index (χ3v) is 6.01. The maximum atomic E-state index is 13.0. The summed E-state index contributed by atoms with van der Waals surface area (Å²) < 4.78 is 13.6. The summed E-state index contributed by atoms with van der Waals surface area (Å²) in [5.74, 6) is 1.29. The van der Waals surface area contributed by atoms with E-state index in [1.54, 1.807) is 6.07 Å². The average molecular weight is 413 g/mol. The summed E-state index contributed by atoms with van der Waals surface area (Å²) in [5, 5.41) is 10.3. The van der Waals surface area contributed by atoms with Gasteiger partial charge >= 0.3 is 5.69 Å². The van der Waals surface area contributed by atoms with E-state index in [4.69, 9.17) is 9.47 Å². The molecule has 9 nitrogen and oxygen atoms in total. The third-order valence-electron chi connectivity index (χ3n) is 5.16. The molecule has 150 valence electrons. The predicted octanol–water partition coefficient (Wildman–Crippen LogP) is 1.63. The van der Waals surface area contributed by atoms with Gasteiger partial charge in [-0.15, -0.1) is 11.3 Å². The van der Waals surface area contributed by atoms with E-state index in [1.807, 2.05) is 34.5 Å². The second-order valence-electron chi connectivity index (χ2n) is 6.93. The van der Waals surface area contributed by atoms with E-state index in [2.05, 4.69) is 10.4 Å². The van der Waals surface area contributed by atoms with Crippen LogP contribution in [0.5, 0.6) is 11.5 Å². The van der Waals surface area contributed by atoms with Crippen LogP contribution in [0.2, 0.25) is 0 Å². The summed E-state index contributed by atoms with van der Waals surface area (Å²) in [6.07, 6.45) is 1.77. The zero-order valence-electron chi connectivity index (χ0n) is 15.6. The summed E-state index contributed by atoms with van der Waals surface area (Å²) in [6, 6.07) is 9.38. The van der Waals surface area contributed by atoms with Crippen LogP contribution in [0.15, 0.2) is 40.5 Å². The number of benzene rings is 1. The summed E-state index contributed by atoms with van der Waals surface area (Å²) in [6.45, 7) is 1.57. The molecule has 1 fully saturated rings. The third kappa shape index (κ3) is 3.29. The maximum Gasteiger partial charge on any atom is 0.369 e. The van der Waals surface area contributed by atoms with E-state index in [0.29, 0.717) is 30.5 Å². The standard InChI is InChI=1S/C19H19N5O4S/c25-17(12-23-19(26)24(21-20-23)18-4-2-10-29-18)22-7-1-3-14(22)13-5-6-15-16(11-13)28-9-8-27-15/h2,4-6,10-11,14H,1,3,7-9,12H2/t14-/m1/s1. The Balaban J connectivity index is 1.35. The van der Waals surface area contributed by atoms with Gasteiger partial charge in [-0.1, -0.05) is 6.07 Å². The molecule has 0 radical (unpaired) electrons. The second-order valence-corrected chi connectivity index (χ2v) is 7.86. The quantitative estimate of drug-likeness (QED) is 0.646. The summed E-state index contributed by atoms with van der Waals surface area (Å²) >= 11 is 1.39. The van der Waals surface area contributed by atoms with Crippen molar-refractivity contribution in [2.75, 3.05) is 19.8 Å². The Morgan fingerprint density at radius 2 is 2.03 bits per heavy atom. The summed E-state index contributed by atoms with van der Waals surface area (Å²) in [7, 11) is 0. The first kappa shape index (κ1) is 17.9. The molecule has 2 aromatic heterocycles. The highest BCUT2D eigenvalue weighted by Gasteiger charge is 2.31. The van der Waals surface area contributed by atoms with E-state index in [-0.39, 0.29) is 18.5 Å². The van der Waals surface area contributed by atoms with Crippen molar-refractivity contribution in [1.29, 1.82) is 0 Å². The lowest BCUT2D eigenvalue weighted by Crippen LogP contribution is -2.36. The van der Waals surface area contributed by atoms with Gasteiger partial charge in [-0.05, 0) is 58.5 Å². The highest BCUT2D eigenvalue weighted by atomic mass is 32.1. The molecular formula is C19H19N5O4S. The summed E-state index contributed by atoms with van der Waals surface area (Å²) in [4.78, 5) is 27.3. The molecule has 2 aliphatic heterocycles. The number of tetrazole rings is 1. The van der Waals surface area contributed by atoms with Gasteiger partial charge in [0.05, 0.1) is 6.04 Å². The predicted molar refractivity (Wildman–Crippen MR) is 105 cm³/mol. The van der Waals surface area contributed by atoms with Crippen LogP contribution in [0, 0.1) is 0 Å². The van der Waals surface area contributed by atoms with E-state index in [0.717, 1.165) is 28.8 Å².